The SMILES string of the molecule is CC(C)(C)Sc1ccc(NC(=O)CC2CCCN2)cc1. The number of anilines is 1. The Kier molecular flexibility index (Phi) is 5.11. The molecule has 2 N–H and O–H groups in total. The molecule has 1 amide bonds. The summed E-state index contributed by atoms with van der Waals surface area (Å²) in [4.78, 5) is 13.2. The standard InChI is InChI=1S/C16H24N2OS/c1-16(2,3)20-14-8-6-12(7-9-14)18-15(19)11-13-5-4-10-17-13/h6-9,13,17H,4-5,10-11H2,1-3H3,(H,18,19). The normalized spacial score (nSPS) is 19.1. The third kappa shape index (κ3) is 5.17. The first-order valence-electron chi connectivity index (χ1n) is 7.25. The van der Waals surface area contributed by atoms with E-state index in [2.05, 4.69) is 43.5 Å². The minimum absolute atomic E-state index is 0.0978. The van der Waals surface area contributed by atoms with Crippen LogP contribution in [0.2, 0.25) is 0 Å². The lowest BCUT2D eigenvalue weighted by Crippen LogP contribution is -2.27. The van der Waals surface area contributed by atoms with Crippen molar-refractivity contribution in [3.63, 3.8) is 0 Å². The van der Waals surface area contributed by atoms with Gasteiger partial charge in [-0.05, 0) is 43.7 Å². The quantitative estimate of drug-likeness (QED) is 0.832. The fourth-order valence-corrected chi connectivity index (χ4v) is 3.31. The van der Waals surface area contributed by atoms with Gasteiger partial charge in [0.25, 0.3) is 0 Å². The molecule has 20 heavy (non-hydrogen) atoms. The van der Waals surface area contributed by atoms with E-state index in [4.69, 9.17) is 0 Å². The molecule has 1 aromatic rings. The van der Waals surface area contributed by atoms with Crippen LogP contribution in [0, 0.1) is 0 Å². The number of amides is 1. The van der Waals surface area contributed by atoms with E-state index in [-0.39, 0.29) is 10.7 Å². The van der Waals surface area contributed by atoms with E-state index in [1.54, 1.807) is 0 Å². The van der Waals surface area contributed by atoms with Gasteiger partial charge in [0.05, 0.1) is 0 Å². The Morgan fingerprint density at radius 3 is 2.60 bits per heavy atom. The highest BCUT2D eigenvalue weighted by Crippen LogP contribution is 2.32. The van der Waals surface area contributed by atoms with Crippen LogP contribution in [0.4, 0.5) is 5.69 Å². The van der Waals surface area contributed by atoms with Crippen LogP contribution in [0.3, 0.4) is 0 Å². The number of rotatable bonds is 4. The second-order valence-electron chi connectivity index (χ2n) is 6.28. The fourth-order valence-electron chi connectivity index (χ4n) is 2.33. The van der Waals surface area contributed by atoms with E-state index in [1.165, 1.54) is 11.3 Å². The third-order valence-electron chi connectivity index (χ3n) is 3.16. The zero-order chi connectivity index (χ0) is 14.6. The molecule has 1 aromatic carbocycles. The summed E-state index contributed by atoms with van der Waals surface area (Å²) in [7, 11) is 0. The molecule has 1 fully saturated rings. The van der Waals surface area contributed by atoms with Gasteiger partial charge < -0.3 is 10.6 Å². The molecule has 1 aliphatic heterocycles. The molecule has 1 atom stereocenters. The van der Waals surface area contributed by atoms with Gasteiger partial charge in [-0.1, -0.05) is 20.8 Å². The van der Waals surface area contributed by atoms with E-state index < -0.39 is 0 Å². The Hall–Kier alpha value is -1.00. The van der Waals surface area contributed by atoms with Crippen molar-refractivity contribution in [2.24, 2.45) is 0 Å². The summed E-state index contributed by atoms with van der Waals surface area (Å²) in [6, 6.07) is 8.45. The molecule has 1 saturated heterocycles. The highest BCUT2D eigenvalue weighted by atomic mass is 32.2. The first kappa shape index (κ1) is 15.4. The number of thioether (sulfide) groups is 1. The van der Waals surface area contributed by atoms with E-state index in [0.29, 0.717) is 12.5 Å². The van der Waals surface area contributed by atoms with E-state index in [0.717, 1.165) is 18.7 Å². The Labute approximate surface area is 125 Å². The lowest BCUT2D eigenvalue weighted by molar-refractivity contribution is -0.116. The summed E-state index contributed by atoms with van der Waals surface area (Å²) in [6.07, 6.45) is 2.85. The minimum Gasteiger partial charge on any atom is -0.326 e. The maximum atomic E-state index is 11.9. The summed E-state index contributed by atoms with van der Waals surface area (Å²) in [5.74, 6) is 0.0978. The topological polar surface area (TPSA) is 41.1 Å². The van der Waals surface area contributed by atoms with E-state index in [1.807, 2.05) is 23.9 Å². The van der Waals surface area contributed by atoms with Gasteiger partial charge in [-0.2, -0.15) is 0 Å². The first-order chi connectivity index (χ1) is 9.42. The maximum Gasteiger partial charge on any atom is 0.225 e. The average molecular weight is 292 g/mol. The van der Waals surface area contributed by atoms with Gasteiger partial charge in [0.15, 0.2) is 0 Å². The predicted molar refractivity (Wildman–Crippen MR) is 86.3 cm³/mol. The molecule has 0 spiro atoms. The highest BCUT2D eigenvalue weighted by Gasteiger charge is 2.17. The molecule has 0 aliphatic carbocycles. The second kappa shape index (κ2) is 6.64. The largest absolute Gasteiger partial charge is 0.326 e. The van der Waals surface area contributed by atoms with Gasteiger partial charge in [-0.15, -0.1) is 11.8 Å². The Bertz CT molecular complexity index is 445. The van der Waals surface area contributed by atoms with Crippen molar-refractivity contribution in [2.45, 2.75) is 55.7 Å². The van der Waals surface area contributed by atoms with Gasteiger partial charge in [-0.25, -0.2) is 0 Å². The number of benzene rings is 1. The summed E-state index contributed by atoms with van der Waals surface area (Å²) in [6.45, 7) is 7.63. The van der Waals surface area contributed by atoms with Gasteiger partial charge >= 0.3 is 0 Å². The molecule has 1 heterocycles. The molecule has 0 aromatic heterocycles. The molecule has 110 valence electrons. The predicted octanol–water partition coefficient (Wildman–Crippen LogP) is 3.66. The monoisotopic (exact) mass is 292 g/mol. The first-order valence-corrected chi connectivity index (χ1v) is 8.06. The lowest BCUT2D eigenvalue weighted by atomic mass is 10.1. The van der Waals surface area contributed by atoms with E-state index >= 15 is 0 Å². The van der Waals surface area contributed by atoms with Crippen molar-refractivity contribution >= 4 is 23.4 Å². The molecule has 0 radical (unpaired) electrons. The lowest BCUT2D eigenvalue weighted by Gasteiger charge is -2.17. The molecular weight excluding hydrogens is 268 g/mol. The fraction of sp³-hybridized carbons (Fsp3) is 0.562. The van der Waals surface area contributed by atoms with Gasteiger partial charge in [0.2, 0.25) is 5.91 Å². The molecule has 4 heteroatoms. The minimum atomic E-state index is 0.0978. The van der Waals surface area contributed by atoms with Gasteiger partial charge in [-0.3, -0.25) is 4.79 Å². The van der Waals surface area contributed by atoms with Crippen LogP contribution in [0.5, 0.6) is 0 Å². The van der Waals surface area contributed by atoms with Crippen molar-refractivity contribution in [1.29, 1.82) is 0 Å². The summed E-state index contributed by atoms with van der Waals surface area (Å²) in [5.41, 5.74) is 0.881. The van der Waals surface area contributed by atoms with Crippen LogP contribution in [-0.4, -0.2) is 23.2 Å². The number of hydrogen-bond donors (Lipinski definition) is 2. The van der Waals surface area contributed by atoms with Crippen molar-refractivity contribution < 1.29 is 4.79 Å². The van der Waals surface area contributed by atoms with Gasteiger partial charge in [0, 0.05) is 27.8 Å². The summed E-state index contributed by atoms with van der Waals surface area (Å²) in [5, 5.41) is 6.31. The average Bonchev–Trinajstić information content (AvgIpc) is 2.82. The zero-order valence-corrected chi connectivity index (χ0v) is 13.3. The number of carbonyl (C=O) groups is 1. The molecule has 3 nitrogen and oxygen atoms in total. The maximum absolute atomic E-state index is 11.9. The van der Waals surface area contributed by atoms with Crippen LogP contribution in [0.15, 0.2) is 29.2 Å². The number of nitrogens with one attached hydrogen (secondary N) is 2. The van der Waals surface area contributed by atoms with Crippen LogP contribution in [0.25, 0.3) is 0 Å². The Balaban J connectivity index is 1.85. The number of carbonyl (C=O) groups excluding carboxylic acids is 1. The van der Waals surface area contributed by atoms with Crippen molar-refractivity contribution in [3.05, 3.63) is 24.3 Å². The highest BCUT2D eigenvalue weighted by molar-refractivity contribution is 8.00. The third-order valence-corrected chi connectivity index (χ3v) is 4.28. The molecular formula is C16H24N2OS. The Morgan fingerprint density at radius 1 is 1.35 bits per heavy atom. The van der Waals surface area contributed by atoms with Crippen molar-refractivity contribution in [2.75, 3.05) is 11.9 Å². The molecule has 2 rings (SSSR count). The van der Waals surface area contributed by atoms with Gasteiger partial charge in [0.1, 0.15) is 0 Å². The molecule has 0 saturated carbocycles. The van der Waals surface area contributed by atoms with Crippen molar-refractivity contribution in [1.82, 2.24) is 5.32 Å². The Morgan fingerprint density at radius 2 is 2.05 bits per heavy atom. The van der Waals surface area contributed by atoms with Crippen LogP contribution < -0.4 is 10.6 Å². The second-order valence-corrected chi connectivity index (χ2v) is 8.18. The van der Waals surface area contributed by atoms with E-state index in [9.17, 15) is 4.79 Å². The zero-order valence-electron chi connectivity index (χ0n) is 12.5. The van der Waals surface area contributed by atoms with Crippen molar-refractivity contribution in [3.8, 4) is 0 Å². The smallest absolute Gasteiger partial charge is 0.225 e. The summed E-state index contributed by atoms with van der Waals surface area (Å²) < 4.78 is 0.207. The molecule has 1 unspecified atom stereocenters. The van der Waals surface area contributed by atoms with Crippen LogP contribution in [0.1, 0.15) is 40.0 Å². The number of hydrogen-bond acceptors (Lipinski definition) is 3. The molecule has 1 aliphatic rings. The van der Waals surface area contributed by atoms with Crippen LogP contribution >= 0.6 is 11.8 Å². The summed E-state index contributed by atoms with van der Waals surface area (Å²) >= 11 is 1.83. The molecule has 0 bridgehead atoms. The van der Waals surface area contributed by atoms with Crippen LogP contribution in [-0.2, 0) is 4.79 Å².